The summed E-state index contributed by atoms with van der Waals surface area (Å²) in [6.07, 6.45) is -4.59. The molecule has 0 atom stereocenters. The van der Waals surface area contributed by atoms with Crippen LogP contribution in [0.2, 0.25) is 0 Å². The van der Waals surface area contributed by atoms with Crippen LogP contribution in [0.5, 0.6) is 5.75 Å². The van der Waals surface area contributed by atoms with Gasteiger partial charge in [-0.2, -0.15) is 13.2 Å². The van der Waals surface area contributed by atoms with Gasteiger partial charge in [0.2, 0.25) is 0 Å². The van der Waals surface area contributed by atoms with Gasteiger partial charge in [-0.3, -0.25) is 0 Å². The maximum absolute atomic E-state index is 13.0. The Hall–Kier alpha value is -2.70. The van der Waals surface area contributed by atoms with E-state index < -0.39 is 17.7 Å². The predicted molar refractivity (Wildman–Crippen MR) is 74.8 cm³/mol. The minimum atomic E-state index is -4.59. The molecule has 2 rings (SSSR count). The number of carboxylic acid groups (broad SMARTS) is 1. The number of halogens is 3. The highest BCUT2D eigenvalue weighted by Gasteiger charge is 2.34. The number of hydrogen-bond donors (Lipinski definition) is 2. The van der Waals surface area contributed by atoms with Gasteiger partial charge in [0.15, 0.2) is 0 Å². The van der Waals surface area contributed by atoms with E-state index in [2.05, 4.69) is 0 Å². The Bertz CT molecular complexity index is 726. The summed E-state index contributed by atoms with van der Waals surface area (Å²) in [5.74, 6) is -1.52. The van der Waals surface area contributed by atoms with Gasteiger partial charge >= 0.3 is 12.1 Å². The first kappa shape index (κ1) is 15.7. The molecule has 22 heavy (non-hydrogen) atoms. The molecule has 2 aromatic carbocycles. The van der Waals surface area contributed by atoms with Gasteiger partial charge in [-0.1, -0.05) is 6.07 Å². The molecule has 2 aromatic rings. The lowest BCUT2D eigenvalue weighted by molar-refractivity contribution is -0.138. The Labute approximate surface area is 123 Å². The first-order valence-electron chi connectivity index (χ1n) is 6.12. The number of benzene rings is 2. The van der Waals surface area contributed by atoms with Crippen LogP contribution < -0.4 is 10.5 Å². The second-order valence-electron chi connectivity index (χ2n) is 4.56. The summed E-state index contributed by atoms with van der Waals surface area (Å²) in [7, 11) is 1.15. The van der Waals surface area contributed by atoms with Crippen molar-refractivity contribution in [3.05, 3.63) is 47.5 Å². The fourth-order valence-electron chi connectivity index (χ4n) is 2.05. The summed E-state index contributed by atoms with van der Waals surface area (Å²) < 4.78 is 43.8. The summed E-state index contributed by atoms with van der Waals surface area (Å²) in [5.41, 5.74) is 5.20. The van der Waals surface area contributed by atoms with Gasteiger partial charge in [0.05, 0.1) is 18.2 Å². The average Bonchev–Trinajstić information content (AvgIpc) is 2.45. The molecule has 0 bridgehead atoms. The molecule has 0 aliphatic carbocycles. The number of nitrogens with two attached hydrogens (primary N) is 1. The molecule has 7 heteroatoms. The van der Waals surface area contributed by atoms with E-state index in [1.54, 1.807) is 0 Å². The van der Waals surface area contributed by atoms with Crippen LogP contribution in [-0.2, 0) is 6.18 Å². The van der Waals surface area contributed by atoms with Crippen molar-refractivity contribution in [2.75, 3.05) is 12.8 Å². The minimum Gasteiger partial charge on any atom is -0.496 e. The summed E-state index contributed by atoms with van der Waals surface area (Å²) in [5, 5.41) is 8.99. The van der Waals surface area contributed by atoms with E-state index >= 15 is 0 Å². The van der Waals surface area contributed by atoms with Crippen molar-refractivity contribution >= 4 is 11.7 Å². The van der Waals surface area contributed by atoms with Crippen LogP contribution in [-0.4, -0.2) is 18.2 Å². The molecule has 0 saturated carbocycles. The van der Waals surface area contributed by atoms with Crippen LogP contribution in [0.25, 0.3) is 11.1 Å². The number of ether oxygens (including phenoxy) is 1. The van der Waals surface area contributed by atoms with E-state index in [1.807, 2.05) is 0 Å². The Morgan fingerprint density at radius 2 is 1.82 bits per heavy atom. The maximum Gasteiger partial charge on any atom is 0.419 e. The quantitative estimate of drug-likeness (QED) is 0.848. The Balaban J connectivity index is 2.61. The molecule has 0 spiro atoms. The number of aromatic carboxylic acids is 1. The zero-order valence-corrected chi connectivity index (χ0v) is 11.4. The monoisotopic (exact) mass is 311 g/mol. The minimum absolute atomic E-state index is 0.0978. The fourth-order valence-corrected chi connectivity index (χ4v) is 2.05. The van der Waals surface area contributed by atoms with Gasteiger partial charge in [0.1, 0.15) is 5.75 Å². The first-order chi connectivity index (χ1) is 10.2. The lowest BCUT2D eigenvalue weighted by Crippen LogP contribution is -2.07. The van der Waals surface area contributed by atoms with Gasteiger partial charge in [-0.15, -0.1) is 0 Å². The smallest absolute Gasteiger partial charge is 0.419 e. The molecule has 0 fully saturated rings. The molecular weight excluding hydrogens is 299 g/mol. The number of carbonyl (C=O) groups is 1. The lowest BCUT2D eigenvalue weighted by Gasteiger charge is -2.14. The number of carboxylic acids is 1. The molecular formula is C15H12F3NO3. The number of hydrogen-bond acceptors (Lipinski definition) is 3. The van der Waals surface area contributed by atoms with Crippen LogP contribution in [0.1, 0.15) is 15.9 Å². The predicted octanol–water partition coefficient (Wildman–Crippen LogP) is 3.66. The molecule has 0 aromatic heterocycles. The molecule has 0 amide bonds. The normalized spacial score (nSPS) is 11.3. The zero-order valence-electron chi connectivity index (χ0n) is 11.4. The van der Waals surface area contributed by atoms with Crippen molar-refractivity contribution in [2.24, 2.45) is 0 Å². The number of alkyl halides is 3. The van der Waals surface area contributed by atoms with Gasteiger partial charge in [-0.05, 0) is 41.5 Å². The maximum atomic E-state index is 13.0. The second-order valence-corrected chi connectivity index (χ2v) is 4.56. The van der Waals surface area contributed by atoms with Crippen LogP contribution in [0.3, 0.4) is 0 Å². The average molecular weight is 311 g/mol. The summed E-state index contributed by atoms with van der Waals surface area (Å²) >= 11 is 0. The number of methoxy groups -OCH3 is 1. The van der Waals surface area contributed by atoms with Gasteiger partial charge in [-0.25, -0.2) is 4.79 Å². The van der Waals surface area contributed by atoms with Crippen LogP contribution in [0.15, 0.2) is 36.4 Å². The van der Waals surface area contributed by atoms with E-state index in [0.717, 1.165) is 13.2 Å². The third-order valence-corrected chi connectivity index (χ3v) is 3.04. The largest absolute Gasteiger partial charge is 0.496 e. The summed E-state index contributed by atoms with van der Waals surface area (Å²) in [6, 6.07) is 7.41. The molecule has 0 aliphatic heterocycles. The van der Waals surface area contributed by atoms with E-state index in [1.165, 1.54) is 30.3 Å². The van der Waals surface area contributed by atoms with Crippen LogP contribution in [0.4, 0.5) is 18.9 Å². The van der Waals surface area contributed by atoms with Crippen molar-refractivity contribution in [1.29, 1.82) is 0 Å². The van der Waals surface area contributed by atoms with Crippen LogP contribution >= 0.6 is 0 Å². The van der Waals surface area contributed by atoms with E-state index in [4.69, 9.17) is 15.6 Å². The van der Waals surface area contributed by atoms with Crippen molar-refractivity contribution in [3.8, 4) is 16.9 Å². The highest BCUT2D eigenvalue weighted by Crippen LogP contribution is 2.39. The van der Waals surface area contributed by atoms with Crippen molar-refractivity contribution in [3.63, 3.8) is 0 Å². The lowest BCUT2D eigenvalue weighted by atomic mass is 9.99. The Morgan fingerprint density at radius 3 is 2.36 bits per heavy atom. The number of rotatable bonds is 3. The number of nitrogen functional groups attached to an aromatic ring is 1. The third-order valence-electron chi connectivity index (χ3n) is 3.04. The highest BCUT2D eigenvalue weighted by molar-refractivity contribution is 5.91. The summed E-state index contributed by atoms with van der Waals surface area (Å²) in [6.45, 7) is 0. The van der Waals surface area contributed by atoms with Crippen molar-refractivity contribution in [1.82, 2.24) is 0 Å². The van der Waals surface area contributed by atoms with Gasteiger partial charge in [0, 0.05) is 5.69 Å². The number of anilines is 1. The Kier molecular flexibility index (Phi) is 3.99. The zero-order chi connectivity index (χ0) is 16.5. The molecule has 3 N–H and O–H groups in total. The molecule has 0 unspecified atom stereocenters. The highest BCUT2D eigenvalue weighted by atomic mass is 19.4. The summed E-state index contributed by atoms with van der Waals surface area (Å²) in [4.78, 5) is 11.0. The Morgan fingerprint density at radius 1 is 1.14 bits per heavy atom. The van der Waals surface area contributed by atoms with Crippen molar-refractivity contribution < 1.29 is 27.8 Å². The van der Waals surface area contributed by atoms with Crippen LogP contribution in [0, 0.1) is 0 Å². The fraction of sp³-hybridized carbons (Fsp3) is 0.133. The van der Waals surface area contributed by atoms with E-state index in [0.29, 0.717) is 0 Å². The van der Waals surface area contributed by atoms with E-state index in [9.17, 15) is 18.0 Å². The molecule has 0 heterocycles. The van der Waals surface area contributed by atoms with Gasteiger partial charge in [0.25, 0.3) is 0 Å². The van der Waals surface area contributed by atoms with Gasteiger partial charge < -0.3 is 15.6 Å². The SMILES string of the molecule is COc1ccc(-c2cc(N)cc(C(=O)O)c2)cc1C(F)(F)F. The molecule has 0 aliphatic rings. The molecule has 116 valence electrons. The standard InChI is InChI=1S/C15H12F3NO3/c1-22-13-3-2-8(7-12(13)15(16,17)18)9-4-10(14(20)21)6-11(19)5-9/h2-7H,19H2,1H3,(H,20,21). The second kappa shape index (κ2) is 5.59. The third kappa shape index (κ3) is 3.13. The topological polar surface area (TPSA) is 72.5 Å². The van der Waals surface area contributed by atoms with Crippen molar-refractivity contribution in [2.45, 2.75) is 6.18 Å². The first-order valence-corrected chi connectivity index (χ1v) is 6.12. The van der Waals surface area contributed by atoms with E-state index in [-0.39, 0.29) is 28.1 Å². The molecule has 0 saturated heterocycles. The molecule has 4 nitrogen and oxygen atoms in total. The molecule has 0 radical (unpaired) electrons.